The molecular formula is C5H14N4S. The molecule has 0 unspecified atom stereocenters. The molecule has 0 aromatic rings. The molecule has 0 saturated carbocycles. The largest absolute Gasteiger partial charge is 0.314 e. The average Bonchev–Trinajstić information content (AvgIpc) is 1.88. The summed E-state index contributed by atoms with van der Waals surface area (Å²) < 4.78 is 16.9. The maximum Gasteiger partial charge on any atom is 0.0231 e. The van der Waals surface area contributed by atoms with Gasteiger partial charge in [0.05, 0.1) is 0 Å². The van der Waals surface area contributed by atoms with Gasteiger partial charge in [-0.15, -0.1) is 0 Å². The predicted molar refractivity (Wildman–Crippen MR) is 43.2 cm³/mol. The van der Waals surface area contributed by atoms with Crippen molar-refractivity contribution in [1.82, 2.24) is 9.62 Å². The van der Waals surface area contributed by atoms with E-state index >= 15 is 0 Å². The Hall–Kier alpha value is -0.130. The molecule has 5 heteroatoms. The van der Waals surface area contributed by atoms with Crippen LogP contribution in [0, 0.1) is 9.56 Å². The van der Waals surface area contributed by atoms with E-state index in [2.05, 4.69) is 5.32 Å². The normalized spacial score (nSPS) is 22.9. The Balaban J connectivity index is 2.56. The van der Waals surface area contributed by atoms with Crippen LogP contribution in [-0.2, 0) is 9.81 Å². The lowest BCUT2D eigenvalue weighted by Crippen LogP contribution is -2.45. The summed E-state index contributed by atoms with van der Waals surface area (Å²) in [5.74, 6) is 0. The van der Waals surface area contributed by atoms with Gasteiger partial charge in [-0.3, -0.25) is 9.56 Å². The summed E-state index contributed by atoms with van der Waals surface area (Å²) in [5, 5.41) is 3.19. The van der Waals surface area contributed by atoms with Crippen molar-refractivity contribution < 1.29 is 0 Å². The van der Waals surface area contributed by atoms with E-state index in [9.17, 15) is 0 Å². The average molecular weight is 162 g/mol. The van der Waals surface area contributed by atoms with Crippen molar-refractivity contribution in [1.29, 1.82) is 9.56 Å². The number of nitrogens with zero attached hydrogens (tertiary/aromatic N) is 1. The monoisotopic (exact) mass is 162 g/mol. The highest BCUT2D eigenvalue weighted by molar-refractivity contribution is 7.90. The second-order valence-corrected chi connectivity index (χ2v) is 4.82. The molecule has 0 bridgehead atoms. The topological polar surface area (TPSA) is 63.0 Å². The van der Waals surface area contributed by atoms with Crippen molar-refractivity contribution >= 4 is 9.81 Å². The van der Waals surface area contributed by atoms with Gasteiger partial charge in [0.1, 0.15) is 0 Å². The Labute approximate surface area is 62.1 Å². The van der Waals surface area contributed by atoms with Crippen LogP contribution in [0.3, 0.4) is 0 Å². The molecule has 0 aromatic carbocycles. The van der Waals surface area contributed by atoms with Crippen LogP contribution in [0.25, 0.3) is 0 Å². The van der Waals surface area contributed by atoms with Crippen molar-refractivity contribution in [3.63, 3.8) is 0 Å². The minimum atomic E-state index is -1.93. The first kappa shape index (κ1) is 7.97. The van der Waals surface area contributed by atoms with Gasteiger partial charge in [-0.2, -0.15) is 0 Å². The number of rotatable bonds is 1. The van der Waals surface area contributed by atoms with E-state index < -0.39 is 9.81 Å². The third-order valence-electron chi connectivity index (χ3n) is 1.59. The zero-order valence-electron chi connectivity index (χ0n) is 6.18. The van der Waals surface area contributed by atoms with Crippen molar-refractivity contribution in [2.24, 2.45) is 0 Å². The Morgan fingerprint density at radius 2 is 1.80 bits per heavy atom. The Morgan fingerprint density at radius 3 is 2.10 bits per heavy atom. The minimum absolute atomic E-state index is 0.860. The van der Waals surface area contributed by atoms with Crippen LogP contribution in [0.1, 0.15) is 0 Å². The molecule has 1 aliphatic rings. The highest BCUT2D eigenvalue weighted by atomic mass is 32.2. The van der Waals surface area contributed by atoms with Gasteiger partial charge in [0, 0.05) is 32.4 Å². The predicted octanol–water partition coefficient (Wildman–Crippen LogP) is 0.115. The van der Waals surface area contributed by atoms with Crippen LogP contribution in [-0.4, -0.2) is 36.7 Å². The number of hydrogen-bond acceptors (Lipinski definition) is 3. The Morgan fingerprint density at radius 1 is 1.30 bits per heavy atom. The van der Waals surface area contributed by atoms with E-state index in [0.717, 1.165) is 26.2 Å². The van der Waals surface area contributed by atoms with Gasteiger partial charge in [0.2, 0.25) is 0 Å². The molecule has 1 aliphatic heterocycles. The van der Waals surface area contributed by atoms with Gasteiger partial charge < -0.3 is 5.32 Å². The van der Waals surface area contributed by atoms with Crippen LogP contribution < -0.4 is 5.32 Å². The van der Waals surface area contributed by atoms with Crippen LogP contribution in [0.2, 0.25) is 0 Å². The van der Waals surface area contributed by atoms with Gasteiger partial charge in [-0.05, 0) is 9.81 Å². The molecule has 3 N–H and O–H groups in total. The molecule has 60 valence electrons. The zero-order valence-corrected chi connectivity index (χ0v) is 7.00. The lowest BCUT2D eigenvalue weighted by Gasteiger charge is -2.28. The van der Waals surface area contributed by atoms with Crippen molar-refractivity contribution in [2.45, 2.75) is 0 Å². The van der Waals surface area contributed by atoms with Gasteiger partial charge in [-0.1, -0.05) is 0 Å². The highest BCUT2D eigenvalue weighted by Gasteiger charge is 2.12. The smallest absolute Gasteiger partial charge is 0.0231 e. The highest BCUT2D eigenvalue weighted by Crippen LogP contribution is 2.00. The fourth-order valence-corrected chi connectivity index (χ4v) is 1.92. The first-order valence-electron chi connectivity index (χ1n) is 3.34. The maximum absolute atomic E-state index is 7.47. The lowest BCUT2D eigenvalue weighted by atomic mass is 10.4. The summed E-state index contributed by atoms with van der Waals surface area (Å²) in [6, 6.07) is 0. The number of piperazine rings is 1. The fraction of sp³-hybridized carbons (Fsp3) is 1.00. The molecule has 0 spiro atoms. The van der Waals surface area contributed by atoms with Gasteiger partial charge in [-0.25, -0.2) is 4.31 Å². The van der Waals surface area contributed by atoms with Gasteiger partial charge >= 0.3 is 0 Å². The third-order valence-corrected chi connectivity index (χ3v) is 2.99. The molecular weight excluding hydrogens is 148 g/mol. The summed E-state index contributed by atoms with van der Waals surface area (Å²) in [4.78, 5) is 0. The van der Waals surface area contributed by atoms with Crippen LogP contribution in [0.5, 0.6) is 0 Å². The van der Waals surface area contributed by atoms with Gasteiger partial charge in [0.15, 0.2) is 0 Å². The second kappa shape index (κ2) is 2.86. The minimum Gasteiger partial charge on any atom is -0.314 e. The molecule has 4 nitrogen and oxygen atoms in total. The molecule has 0 aliphatic carbocycles. The summed E-state index contributed by atoms with van der Waals surface area (Å²) in [7, 11) is -1.93. The SMILES string of the molecule is CS(=N)(=N)N1CCNCC1. The maximum atomic E-state index is 7.47. The summed E-state index contributed by atoms with van der Waals surface area (Å²) in [6.45, 7) is 3.58. The molecule has 1 rings (SSSR count). The third kappa shape index (κ3) is 1.93. The molecule has 1 heterocycles. The summed E-state index contributed by atoms with van der Waals surface area (Å²) >= 11 is 0. The standard InChI is InChI=1S/C5H14N4S/c1-10(6,7)9-4-2-8-3-5-9/h6-8H,2-5H2,1H3. The molecule has 0 amide bonds. The van der Waals surface area contributed by atoms with E-state index in [1.165, 1.54) is 0 Å². The number of nitrogens with one attached hydrogen (secondary N) is 3. The molecule has 1 fully saturated rings. The second-order valence-electron chi connectivity index (χ2n) is 2.55. The van der Waals surface area contributed by atoms with E-state index in [1.807, 2.05) is 4.31 Å². The number of hydrogen-bond donors (Lipinski definition) is 3. The van der Waals surface area contributed by atoms with E-state index in [1.54, 1.807) is 6.26 Å². The van der Waals surface area contributed by atoms with E-state index in [0.29, 0.717) is 0 Å². The molecule has 0 atom stereocenters. The van der Waals surface area contributed by atoms with E-state index in [4.69, 9.17) is 9.56 Å². The molecule has 1 saturated heterocycles. The summed E-state index contributed by atoms with van der Waals surface area (Å²) in [5.41, 5.74) is 0. The van der Waals surface area contributed by atoms with Crippen molar-refractivity contribution in [3.05, 3.63) is 0 Å². The van der Waals surface area contributed by atoms with Gasteiger partial charge in [0.25, 0.3) is 0 Å². The van der Waals surface area contributed by atoms with Crippen LogP contribution >= 0.6 is 0 Å². The lowest BCUT2D eigenvalue weighted by molar-refractivity contribution is 0.388. The van der Waals surface area contributed by atoms with Crippen LogP contribution in [0.15, 0.2) is 0 Å². The first-order valence-corrected chi connectivity index (χ1v) is 5.34. The Kier molecular flexibility index (Phi) is 2.28. The fourth-order valence-electron chi connectivity index (χ4n) is 1.01. The van der Waals surface area contributed by atoms with Crippen LogP contribution in [0.4, 0.5) is 0 Å². The molecule has 0 aromatic heterocycles. The Bertz CT molecular complexity index is 190. The quantitative estimate of drug-likeness (QED) is 0.512. The van der Waals surface area contributed by atoms with Crippen molar-refractivity contribution in [2.75, 3.05) is 32.4 Å². The van der Waals surface area contributed by atoms with Crippen molar-refractivity contribution in [3.8, 4) is 0 Å². The van der Waals surface area contributed by atoms with E-state index in [-0.39, 0.29) is 0 Å². The first-order chi connectivity index (χ1) is 4.61. The summed E-state index contributed by atoms with van der Waals surface area (Å²) in [6.07, 6.45) is 1.69. The molecule has 10 heavy (non-hydrogen) atoms. The molecule has 0 radical (unpaired) electrons. The zero-order chi connectivity index (χ0) is 7.61.